The van der Waals surface area contributed by atoms with Crippen molar-refractivity contribution in [3.63, 3.8) is 0 Å². The second-order valence-electron chi connectivity index (χ2n) is 8.64. The maximum atomic E-state index is 13.2. The van der Waals surface area contributed by atoms with E-state index in [0.29, 0.717) is 42.8 Å². The molecule has 1 saturated heterocycles. The maximum absolute atomic E-state index is 13.2. The van der Waals surface area contributed by atoms with Gasteiger partial charge in [0.2, 0.25) is 5.91 Å². The van der Waals surface area contributed by atoms with Crippen LogP contribution in [0.25, 0.3) is 0 Å². The van der Waals surface area contributed by atoms with Crippen molar-refractivity contribution in [1.29, 1.82) is 0 Å². The third kappa shape index (κ3) is 6.34. The van der Waals surface area contributed by atoms with E-state index < -0.39 is 11.9 Å². The standard InChI is InChI=1S/C26H32FN3O4/c1-4-17(2)28-25(32)23(29-24(31)20-6-5-7-22(16-20)34-3)18-12-14-30(15-13-18)26(33)19-8-10-21(27)11-9-19/h5-11,16-18,23H,4,12-15H2,1-3H3,(H,28,32)(H,29,31)/t17-,23+/m1/s1. The minimum absolute atomic E-state index is 0.0242. The Morgan fingerprint density at radius 3 is 2.35 bits per heavy atom. The third-order valence-corrected chi connectivity index (χ3v) is 6.29. The van der Waals surface area contributed by atoms with Crippen LogP contribution in [-0.4, -0.2) is 54.9 Å². The van der Waals surface area contributed by atoms with Crippen LogP contribution in [0.3, 0.4) is 0 Å². The smallest absolute Gasteiger partial charge is 0.253 e. The van der Waals surface area contributed by atoms with Crippen LogP contribution in [-0.2, 0) is 4.79 Å². The minimum atomic E-state index is -0.726. The van der Waals surface area contributed by atoms with Gasteiger partial charge in [0.25, 0.3) is 11.8 Å². The summed E-state index contributed by atoms with van der Waals surface area (Å²) in [5.41, 5.74) is 0.835. The second-order valence-corrected chi connectivity index (χ2v) is 8.64. The van der Waals surface area contributed by atoms with E-state index in [1.807, 2.05) is 13.8 Å². The van der Waals surface area contributed by atoms with Gasteiger partial charge in [-0.1, -0.05) is 13.0 Å². The number of carbonyl (C=O) groups excluding carboxylic acids is 3. The van der Waals surface area contributed by atoms with Gasteiger partial charge < -0.3 is 20.3 Å². The minimum Gasteiger partial charge on any atom is -0.497 e. The molecular weight excluding hydrogens is 437 g/mol. The number of hydrogen-bond donors (Lipinski definition) is 2. The summed E-state index contributed by atoms with van der Waals surface area (Å²) in [6.07, 6.45) is 1.89. The average molecular weight is 470 g/mol. The highest BCUT2D eigenvalue weighted by Crippen LogP contribution is 2.23. The van der Waals surface area contributed by atoms with Crippen molar-refractivity contribution < 1.29 is 23.5 Å². The zero-order chi connectivity index (χ0) is 24.7. The maximum Gasteiger partial charge on any atom is 0.253 e. The number of rotatable bonds is 8. The van der Waals surface area contributed by atoms with E-state index in [0.717, 1.165) is 6.42 Å². The van der Waals surface area contributed by atoms with Crippen LogP contribution in [0.15, 0.2) is 48.5 Å². The Morgan fingerprint density at radius 2 is 1.74 bits per heavy atom. The lowest BCUT2D eigenvalue weighted by atomic mass is 9.88. The first-order valence-corrected chi connectivity index (χ1v) is 11.6. The van der Waals surface area contributed by atoms with E-state index >= 15 is 0 Å². The van der Waals surface area contributed by atoms with Crippen molar-refractivity contribution in [3.8, 4) is 5.75 Å². The van der Waals surface area contributed by atoms with E-state index in [2.05, 4.69) is 10.6 Å². The van der Waals surface area contributed by atoms with Crippen LogP contribution in [0.1, 0.15) is 53.8 Å². The van der Waals surface area contributed by atoms with E-state index in [1.54, 1.807) is 29.2 Å². The Bertz CT molecular complexity index is 1000. The van der Waals surface area contributed by atoms with Crippen molar-refractivity contribution in [3.05, 3.63) is 65.5 Å². The molecule has 1 fully saturated rings. The van der Waals surface area contributed by atoms with Gasteiger partial charge in [0.1, 0.15) is 17.6 Å². The molecule has 0 unspecified atom stereocenters. The summed E-state index contributed by atoms with van der Waals surface area (Å²) in [6, 6.07) is 11.5. The van der Waals surface area contributed by atoms with Crippen LogP contribution < -0.4 is 15.4 Å². The van der Waals surface area contributed by atoms with Gasteiger partial charge in [-0.15, -0.1) is 0 Å². The van der Waals surface area contributed by atoms with Gasteiger partial charge >= 0.3 is 0 Å². The van der Waals surface area contributed by atoms with Gasteiger partial charge in [0.15, 0.2) is 0 Å². The molecule has 0 aliphatic carbocycles. The first-order chi connectivity index (χ1) is 16.3. The van der Waals surface area contributed by atoms with Gasteiger partial charge in [0.05, 0.1) is 7.11 Å². The third-order valence-electron chi connectivity index (χ3n) is 6.29. The van der Waals surface area contributed by atoms with Crippen LogP contribution >= 0.6 is 0 Å². The molecule has 1 heterocycles. The van der Waals surface area contributed by atoms with Crippen molar-refractivity contribution in [2.45, 2.75) is 45.2 Å². The van der Waals surface area contributed by atoms with E-state index in [1.165, 1.54) is 31.4 Å². The molecule has 0 saturated carbocycles. The zero-order valence-electron chi connectivity index (χ0n) is 19.8. The summed E-state index contributed by atoms with van der Waals surface area (Å²) in [5.74, 6) is -0.713. The van der Waals surface area contributed by atoms with Crippen molar-refractivity contribution in [2.24, 2.45) is 5.92 Å². The molecule has 0 radical (unpaired) electrons. The molecule has 0 bridgehead atoms. The molecule has 3 rings (SSSR count). The molecule has 2 aromatic carbocycles. The molecule has 2 N–H and O–H groups in total. The number of methoxy groups -OCH3 is 1. The van der Waals surface area contributed by atoms with Crippen LogP contribution in [0.2, 0.25) is 0 Å². The van der Waals surface area contributed by atoms with Gasteiger partial charge in [-0.3, -0.25) is 14.4 Å². The first-order valence-electron chi connectivity index (χ1n) is 11.6. The van der Waals surface area contributed by atoms with E-state index in [4.69, 9.17) is 4.74 Å². The topological polar surface area (TPSA) is 87.7 Å². The van der Waals surface area contributed by atoms with Crippen molar-refractivity contribution >= 4 is 17.7 Å². The van der Waals surface area contributed by atoms with Gasteiger partial charge in [-0.25, -0.2) is 4.39 Å². The quantitative estimate of drug-likeness (QED) is 0.620. The lowest BCUT2D eigenvalue weighted by Crippen LogP contribution is -2.55. The molecule has 1 aliphatic heterocycles. The summed E-state index contributed by atoms with van der Waals surface area (Å²) >= 11 is 0. The summed E-state index contributed by atoms with van der Waals surface area (Å²) in [5, 5.41) is 5.89. The largest absolute Gasteiger partial charge is 0.497 e. The van der Waals surface area contributed by atoms with Crippen LogP contribution in [0.4, 0.5) is 4.39 Å². The highest BCUT2D eigenvalue weighted by Gasteiger charge is 2.34. The lowest BCUT2D eigenvalue weighted by molar-refractivity contribution is -0.125. The molecule has 2 atom stereocenters. The Kier molecular flexibility index (Phi) is 8.62. The number of hydrogen-bond acceptors (Lipinski definition) is 4. The van der Waals surface area contributed by atoms with Crippen LogP contribution in [0, 0.1) is 11.7 Å². The Morgan fingerprint density at radius 1 is 1.06 bits per heavy atom. The van der Waals surface area contributed by atoms with Crippen molar-refractivity contribution in [1.82, 2.24) is 15.5 Å². The van der Waals surface area contributed by atoms with Crippen LogP contribution in [0.5, 0.6) is 5.75 Å². The summed E-state index contributed by atoms with van der Waals surface area (Å²) in [6.45, 7) is 4.79. The molecule has 0 aromatic heterocycles. The number of carbonyl (C=O) groups is 3. The zero-order valence-corrected chi connectivity index (χ0v) is 19.8. The highest BCUT2D eigenvalue weighted by molar-refractivity contribution is 5.98. The summed E-state index contributed by atoms with van der Waals surface area (Å²) in [7, 11) is 1.53. The number of likely N-dealkylation sites (tertiary alicyclic amines) is 1. The normalized spacial score (nSPS) is 15.8. The number of amides is 3. The fourth-order valence-corrected chi connectivity index (χ4v) is 4.03. The molecular formula is C26H32FN3O4. The SMILES string of the molecule is CC[C@@H](C)NC(=O)[C@@H](NC(=O)c1cccc(OC)c1)C1CCN(C(=O)c2ccc(F)cc2)CC1. The van der Waals surface area contributed by atoms with Gasteiger partial charge in [-0.2, -0.15) is 0 Å². The summed E-state index contributed by atoms with van der Waals surface area (Å²) in [4.78, 5) is 40.5. The predicted molar refractivity (Wildman–Crippen MR) is 127 cm³/mol. The Labute approximate surface area is 199 Å². The number of ether oxygens (including phenoxy) is 1. The number of benzene rings is 2. The molecule has 1 aliphatic rings. The Hall–Kier alpha value is -3.42. The van der Waals surface area contributed by atoms with E-state index in [-0.39, 0.29) is 29.7 Å². The fourth-order valence-electron chi connectivity index (χ4n) is 4.03. The van der Waals surface area contributed by atoms with Gasteiger partial charge in [-0.05, 0) is 74.6 Å². The van der Waals surface area contributed by atoms with E-state index in [9.17, 15) is 18.8 Å². The monoisotopic (exact) mass is 469 g/mol. The molecule has 182 valence electrons. The number of piperidine rings is 1. The molecule has 2 aromatic rings. The summed E-state index contributed by atoms with van der Waals surface area (Å²) < 4.78 is 18.4. The molecule has 7 nitrogen and oxygen atoms in total. The average Bonchev–Trinajstić information content (AvgIpc) is 2.87. The second kappa shape index (κ2) is 11.6. The first kappa shape index (κ1) is 25.2. The van der Waals surface area contributed by atoms with Gasteiger partial charge in [0, 0.05) is 30.3 Å². The number of nitrogens with one attached hydrogen (secondary N) is 2. The molecule has 8 heteroatoms. The van der Waals surface area contributed by atoms with Crippen molar-refractivity contribution in [2.75, 3.05) is 20.2 Å². The Balaban J connectivity index is 1.70. The molecule has 34 heavy (non-hydrogen) atoms. The molecule has 0 spiro atoms. The fraction of sp³-hybridized carbons (Fsp3) is 0.423. The predicted octanol–water partition coefficient (Wildman–Crippen LogP) is 3.40. The highest BCUT2D eigenvalue weighted by atomic mass is 19.1. The number of halogens is 1. The number of nitrogens with zero attached hydrogens (tertiary/aromatic N) is 1. The lowest BCUT2D eigenvalue weighted by Gasteiger charge is -2.36. The molecule has 3 amide bonds.